The minimum absolute atomic E-state index is 0.0790. The number of aromatic nitrogens is 1. The van der Waals surface area contributed by atoms with Gasteiger partial charge in [0.25, 0.3) is 11.8 Å². The zero-order valence-electron chi connectivity index (χ0n) is 37.8. The number of nitrogens with one attached hydrogen (secondary N) is 2. The van der Waals surface area contributed by atoms with E-state index in [1.165, 1.54) is 7.11 Å². The first kappa shape index (κ1) is 46.8. The van der Waals surface area contributed by atoms with Crippen LogP contribution in [-0.2, 0) is 24.4 Å². The lowest BCUT2D eigenvalue weighted by Crippen LogP contribution is -2.66. The number of carbonyl (C=O) groups is 4. The van der Waals surface area contributed by atoms with Gasteiger partial charge < -0.3 is 34.3 Å². The fourth-order valence-electron chi connectivity index (χ4n) is 9.49. The third-order valence-electron chi connectivity index (χ3n) is 13.9. The smallest absolute Gasteiger partial charge is 0.408 e. The van der Waals surface area contributed by atoms with Gasteiger partial charge in [0.05, 0.1) is 24.6 Å². The van der Waals surface area contributed by atoms with Crippen molar-refractivity contribution in [3.63, 3.8) is 0 Å². The number of pyridine rings is 1. The second kappa shape index (κ2) is 17.5. The topological polar surface area (TPSA) is 203 Å². The van der Waals surface area contributed by atoms with Crippen LogP contribution in [0.2, 0.25) is 0 Å². The van der Waals surface area contributed by atoms with Gasteiger partial charge in [0.1, 0.15) is 48.2 Å². The maximum Gasteiger partial charge on any atom is 0.408 e. The van der Waals surface area contributed by atoms with Crippen molar-refractivity contribution in [3.05, 3.63) is 54.6 Å². The maximum atomic E-state index is 15.5. The van der Waals surface area contributed by atoms with E-state index in [9.17, 15) is 27.9 Å². The number of benzene rings is 2. The summed E-state index contributed by atoms with van der Waals surface area (Å²) in [5.41, 5.74) is -2.94. The Bertz CT molecular complexity index is 2570. The number of carboxylic acid groups (broad SMARTS) is 1. The van der Waals surface area contributed by atoms with Crippen LogP contribution in [0.25, 0.3) is 22.0 Å². The molecule has 5 aliphatic rings. The Morgan fingerprint density at radius 1 is 1.02 bits per heavy atom. The number of ether oxygens (including phenoxy) is 4. The number of amides is 4. The number of methoxy groups -OCH3 is 1. The number of halogens is 2. The summed E-state index contributed by atoms with van der Waals surface area (Å²) in [5.74, 6) is -5.97. The zero-order chi connectivity index (χ0) is 47.5. The van der Waals surface area contributed by atoms with Crippen molar-refractivity contribution >= 4 is 44.6 Å². The largest absolute Gasteiger partial charge is 0.497 e. The van der Waals surface area contributed by atoms with Crippen LogP contribution in [-0.4, -0.2) is 119 Å². The monoisotopic (exact) mass is 937 g/mol. The summed E-state index contributed by atoms with van der Waals surface area (Å²) in [7, 11) is -2.49. The van der Waals surface area contributed by atoms with E-state index in [1.807, 2.05) is 25.1 Å². The van der Waals surface area contributed by atoms with Crippen LogP contribution in [0.5, 0.6) is 23.1 Å². The molecular formula is C47H57F2N5O11S. The van der Waals surface area contributed by atoms with E-state index in [4.69, 9.17) is 23.9 Å². The van der Waals surface area contributed by atoms with Gasteiger partial charge in [-0.2, -0.15) is 0 Å². The van der Waals surface area contributed by atoms with Crippen LogP contribution >= 0.6 is 0 Å². The maximum absolute atomic E-state index is 15.5. The number of nitrogens with zero attached hydrogens (tertiary/aromatic N) is 3. The molecule has 0 bridgehead atoms. The number of carbonyl (C=O) groups excluding carboxylic acids is 3. The summed E-state index contributed by atoms with van der Waals surface area (Å²) in [6.07, 6.45) is 2.93. The average Bonchev–Trinajstić information content (AvgIpc) is 4.19. The predicted octanol–water partition coefficient (Wildman–Crippen LogP) is 6.31. The van der Waals surface area contributed by atoms with Crippen LogP contribution in [0.1, 0.15) is 79.6 Å². The fourth-order valence-corrected chi connectivity index (χ4v) is 10.9. The Labute approximate surface area is 382 Å². The molecule has 66 heavy (non-hydrogen) atoms. The highest BCUT2D eigenvalue weighted by Gasteiger charge is 2.63. The summed E-state index contributed by atoms with van der Waals surface area (Å²) in [6, 6.07) is 9.39. The van der Waals surface area contributed by atoms with E-state index in [0.717, 1.165) is 18.7 Å². The Morgan fingerprint density at radius 3 is 2.42 bits per heavy atom. The molecule has 3 aromatic rings. The molecule has 4 amide bonds. The van der Waals surface area contributed by atoms with E-state index >= 15 is 13.6 Å². The van der Waals surface area contributed by atoms with E-state index < -0.39 is 86.1 Å². The molecule has 7 atom stereocenters. The highest BCUT2D eigenvalue weighted by molar-refractivity contribution is 7.91. The van der Waals surface area contributed by atoms with Crippen molar-refractivity contribution in [2.45, 2.75) is 120 Å². The summed E-state index contributed by atoms with van der Waals surface area (Å²) in [4.78, 5) is 64.1. The van der Waals surface area contributed by atoms with Crippen LogP contribution in [0.15, 0.2) is 54.6 Å². The third-order valence-corrected chi connectivity index (χ3v) is 15.7. The Balaban J connectivity index is 1.21. The first-order chi connectivity index (χ1) is 31.1. The summed E-state index contributed by atoms with van der Waals surface area (Å²) < 4.78 is 83.1. The molecule has 4 heterocycles. The van der Waals surface area contributed by atoms with Crippen molar-refractivity contribution < 1.29 is 60.4 Å². The summed E-state index contributed by atoms with van der Waals surface area (Å²) in [5, 5.41) is 14.1. The molecule has 19 heteroatoms. The predicted molar refractivity (Wildman–Crippen MR) is 238 cm³/mol. The Hall–Kier alpha value is -5.72. The molecule has 2 saturated carbocycles. The lowest BCUT2D eigenvalue weighted by molar-refractivity contribution is -0.156. The minimum atomic E-state index is -4.03. The first-order valence-corrected chi connectivity index (χ1v) is 24.0. The molecule has 2 aromatic carbocycles. The second-order valence-corrected chi connectivity index (χ2v) is 21.0. The summed E-state index contributed by atoms with van der Waals surface area (Å²) >= 11 is 0. The van der Waals surface area contributed by atoms with Gasteiger partial charge in [-0.3, -0.25) is 24.0 Å². The number of hydrogen-bond acceptors (Lipinski definition) is 11. The molecule has 1 aromatic heterocycles. The van der Waals surface area contributed by atoms with Crippen molar-refractivity contribution in [2.75, 3.05) is 26.9 Å². The number of alkyl halides is 2. The van der Waals surface area contributed by atoms with Gasteiger partial charge in [0.15, 0.2) is 11.5 Å². The number of fused-ring (bicyclic) bond motifs is 4. The second-order valence-electron chi connectivity index (χ2n) is 19.1. The van der Waals surface area contributed by atoms with E-state index in [2.05, 4.69) is 10.0 Å². The SMILES string of the molecule is COc1ccc2c(O[C@@H]3C[C@H]4C(=O)N[C@]5(C(=O)NS(=O)(=O)C6CC6)C[C@H]5C=CCC[C@@H](C)C[C@@H](C)[C@H](N(C(=O)O)C(C)(C)C(C)(F)F)C(=O)N4C3)nc(-c3ccc4c(c3)OCCO4)cc2c1. The minimum Gasteiger partial charge on any atom is -0.497 e. The molecule has 0 spiro atoms. The lowest BCUT2D eigenvalue weighted by Gasteiger charge is -2.47. The molecular weight excluding hydrogens is 881 g/mol. The molecule has 2 aliphatic carbocycles. The standard InChI is InChI=1S/C47H57F2N5O11S/c1-26-9-7-8-10-30-24-47(30,43(57)52-66(60,61)33-13-14-33)51-40(55)36-23-32(25-53(36)42(56)39(27(2)19-26)54(44(58)59)45(3,4)46(5,48)49)65-41-34-15-12-31(62-6)20-29(34)21-35(50-41)28-11-16-37-38(22-28)64-18-17-63-37/h8,10-12,15-16,20-22,26-27,30,32-33,36,39H,7,9,13-14,17-19,23-25H2,1-6H3,(H,51,55)(H,52,57)(H,58,59)/t26-,27-,30-,32-,36+,39+,47-/m1/s1. The van der Waals surface area contributed by atoms with Crippen molar-refractivity contribution in [1.82, 2.24) is 24.8 Å². The van der Waals surface area contributed by atoms with Gasteiger partial charge in [-0.15, -0.1) is 0 Å². The van der Waals surface area contributed by atoms with Gasteiger partial charge in [-0.25, -0.2) is 27.0 Å². The lowest BCUT2D eigenvalue weighted by atomic mass is 9.84. The first-order valence-electron chi connectivity index (χ1n) is 22.4. The van der Waals surface area contributed by atoms with E-state index in [1.54, 1.807) is 43.3 Å². The highest BCUT2D eigenvalue weighted by Crippen LogP contribution is 2.47. The van der Waals surface area contributed by atoms with Crippen LogP contribution < -0.4 is 29.0 Å². The average molecular weight is 938 g/mol. The van der Waals surface area contributed by atoms with Crippen molar-refractivity contribution in [3.8, 4) is 34.4 Å². The van der Waals surface area contributed by atoms with Crippen LogP contribution in [0.4, 0.5) is 13.6 Å². The molecule has 0 unspecified atom stereocenters. The molecule has 1 saturated heterocycles. The normalized spacial score (nSPS) is 27.1. The highest BCUT2D eigenvalue weighted by atomic mass is 32.2. The molecule has 3 fully saturated rings. The Morgan fingerprint density at radius 2 is 1.74 bits per heavy atom. The molecule has 8 rings (SSSR count). The van der Waals surface area contributed by atoms with Crippen LogP contribution in [0.3, 0.4) is 0 Å². The molecule has 356 valence electrons. The summed E-state index contributed by atoms with van der Waals surface area (Å²) in [6.45, 7) is 6.76. The quantitative estimate of drug-likeness (QED) is 0.192. The van der Waals surface area contributed by atoms with Crippen molar-refractivity contribution in [2.24, 2.45) is 17.8 Å². The zero-order valence-corrected chi connectivity index (χ0v) is 38.7. The van der Waals surface area contributed by atoms with Gasteiger partial charge in [-0.05, 0) is 112 Å². The van der Waals surface area contributed by atoms with Gasteiger partial charge in [-0.1, -0.05) is 26.0 Å². The fraction of sp³-hybridized carbons (Fsp3) is 0.553. The number of sulfonamides is 1. The molecule has 0 radical (unpaired) electrons. The van der Waals surface area contributed by atoms with Gasteiger partial charge in [0.2, 0.25) is 27.7 Å². The van der Waals surface area contributed by atoms with Crippen LogP contribution in [0, 0.1) is 17.8 Å². The molecule has 3 N–H and O–H groups in total. The Kier molecular flexibility index (Phi) is 12.4. The number of hydrogen-bond donors (Lipinski definition) is 3. The number of allylic oxidation sites excluding steroid dienone is 1. The van der Waals surface area contributed by atoms with Gasteiger partial charge in [0, 0.05) is 30.2 Å². The third kappa shape index (κ3) is 9.06. The van der Waals surface area contributed by atoms with E-state index in [0.29, 0.717) is 90.0 Å². The van der Waals surface area contributed by atoms with Crippen molar-refractivity contribution in [1.29, 1.82) is 0 Å². The number of rotatable bonds is 10. The van der Waals surface area contributed by atoms with E-state index in [-0.39, 0.29) is 37.6 Å². The van der Waals surface area contributed by atoms with Gasteiger partial charge >= 0.3 is 6.09 Å². The molecule has 3 aliphatic heterocycles. The molecule has 16 nitrogen and oxygen atoms in total.